The summed E-state index contributed by atoms with van der Waals surface area (Å²) in [4.78, 5) is 10.5. The first-order valence-corrected chi connectivity index (χ1v) is 6.61. The van der Waals surface area contributed by atoms with Crippen LogP contribution < -0.4 is 11.1 Å². The molecule has 1 aromatic heterocycles. The Balaban J connectivity index is 1.90. The Hall–Kier alpha value is -0.880. The van der Waals surface area contributed by atoms with Crippen LogP contribution in [0.4, 0.5) is 11.8 Å². The Kier molecular flexibility index (Phi) is 3.83. The van der Waals surface area contributed by atoms with E-state index in [0.29, 0.717) is 12.0 Å². The maximum absolute atomic E-state index is 5.56. The van der Waals surface area contributed by atoms with Crippen LogP contribution in [0.15, 0.2) is 10.7 Å². The van der Waals surface area contributed by atoms with Crippen molar-refractivity contribution < 1.29 is 0 Å². The Morgan fingerprint density at radius 2 is 2.35 bits per heavy atom. The summed E-state index contributed by atoms with van der Waals surface area (Å²) >= 11 is 3.40. The lowest BCUT2D eigenvalue weighted by Gasteiger charge is -2.25. The SMILES string of the molecule is CC(CNc1nc(N)ncc1Br)N(C)C1CC1. The van der Waals surface area contributed by atoms with Crippen LogP contribution in [-0.4, -0.2) is 40.5 Å². The maximum Gasteiger partial charge on any atom is 0.221 e. The van der Waals surface area contributed by atoms with Gasteiger partial charge in [0.1, 0.15) is 5.82 Å². The third-order valence-corrected chi connectivity index (χ3v) is 3.73. The van der Waals surface area contributed by atoms with Gasteiger partial charge in [-0.1, -0.05) is 0 Å². The van der Waals surface area contributed by atoms with E-state index in [1.807, 2.05) is 0 Å². The van der Waals surface area contributed by atoms with Crippen molar-refractivity contribution in [3.63, 3.8) is 0 Å². The summed E-state index contributed by atoms with van der Waals surface area (Å²) in [7, 11) is 2.17. The fourth-order valence-electron chi connectivity index (χ4n) is 1.73. The highest BCUT2D eigenvalue weighted by Crippen LogP contribution is 2.27. The van der Waals surface area contributed by atoms with E-state index in [1.54, 1.807) is 6.20 Å². The Morgan fingerprint density at radius 3 is 3.00 bits per heavy atom. The van der Waals surface area contributed by atoms with Crippen LogP contribution in [0.25, 0.3) is 0 Å². The number of halogens is 1. The number of likely N-dealkylation sites (N-methyl/N-ethyl adjacent to an activating group) is 1. The van der Waals surface area contributed by atoms with Gasteiger partial charge in [0.05, 0.1) is 4.47 Å². The van der Waals surface area contributed by atoms with E-state index in [1.165, 1.54) is 12.8 Å². The molecular weight excluding hydrogens is 282 g/mol. The average Bonchev–Trinajstić information content (AvgIpc) is 3.13. The van der Waals surface area contributed by atoms with Crippen molar-refractivity contribution in [3.05, 3.63) is 10.7 Å². The Morgan fingerprint density at radius 1 is 1.65 bits per heavy atom. The van der Waals surface area contributed by atoms with E-state index >= 15 is 0 Å². The molecule has 2 rings (SSSR count). The van der Waals surface area contributed by atoms with Gasteiger partial charge in [0.2, 0.25) is 5.95 Å². The smallest absolute Gasteiger partial charge is 0.221 e. The molecule has 17 heavy (non-hydrogen) atoms. The molecule has 6 heteroatoms. The molecule has 1 atom stereocenters. The van der Waals surface area contributed by atoms with Crippen LogP contribution in [0.1, 0.15) is 19.8 Å². The first-order chi connectivity index (χ1) is 8.08. The number of nitrogens with two attached hydrogens (primary N) is 1. The first kappa shape index (κ1) is 12.6. The molecule has 0 aliphatic heterocycles. The average molecular weight is 300 g/mol. The van der Waals surface area contributed by atoms with Gasteiger partial charge >= 0.3 is 0 Å². The minimum atomic E-state index is 0.291. The van der Waals surface area contributed by atoms with Crippen molar-refractivity contribution in [3.8, 4) is 0 Å². The van der Waals surface area contributed by atoms with Gasteiger partial charge in [0.15, 0.2) is 0 Å². The van der Waals surface area contributed by atoms with E-state index in [4.69, 9.17) is 5.73 Å². The zero-order valence-electron chi connectivity index (χ0n) is 10.2. The second-order valence-corrected chi connectivity index (χ2v) is 5.41. The summed E-state index contributed by atoms with van der Waals surface area (Å²) in [6.07, 6.45) is 4.32. The lowest BCUT2D eigenvalue weighted by Crippen LogP contribution is -2.36. The second-order valence-electron chi connectivity index (χ2n) is 4.55. The number of nitrogens with zero attached hydrogens (tertiary/aromatic N) is 3. The zero-order chi connectivity index (χ0) is 12.4. The Labute approximate surface area is 110 Å². The van der Waals surface area contributed by atoms with Gasteiger partial charge in [0.25, 0.3) is 0 Å². The van der Waals surface area contributed by atoms with Crippen LogP contribution in [-0.2, 0) is 0 Å². The predicted molar refractivity (Wildman–Crippen MR) is 72.9 cm³/mol. The monoisotopic (exact) mass is 299 g/mol. The quantitative estimate of drug-likeness (QED) is 0.866. The third kappa shape index (κ3) is 3.29. The largest absolute Gasteiger partial charge is 0.368 e. The van der Waals surface area contributed by atoms with Gasteiger partial charge in [-0.2, -0.15) is 4.98 Å². The van der Waals surface area contributed by atoms with Gasteiger partial charge in [0, 0.05) is 24.8 Å². The van der Waals surface area contributed by atoms with E-state index < -0.39 is 0 Å². The molecule has 0 bridgehead atoms. The topological polar surface area (TPSA) is 67.1 Å². The number of rotatable bonds is 5. The van der Waals surface area contributed by atoms with E-state index in [0.717, 1.165) is 22.9 Å². The van der Waals surface area contributed by atoms with Crippen molar-refractivity contribution in [1.82, 2.24) is 14.9 Å². The minimum Gasteiger partial charge on any atom is -0.368 e. The molecule has 0 aromatic carbocycles. The molecule has 1 aromatic rings. The molecule has 0 radical (unpaired) electrons. The number of aromatic nitrogens is 2. The lowest BCUT2D eigenvalue weighted by atomic mass is 10.3. The highest BCUT2D eigenvalue weighted by atomic mass is 79.9. The van der Waals surface area contributed by atoms with Crippen molar-refractivity contribution in [2.75, 3.05) is 24.6 Å². The number of hydrogen-bond acceptors (Lipinski definition) is 5. The summed E-state index contributed by atoms with van der Waals surface area (Å²) < 4.78 is 0.841. The Bertz CT molecular complexity index is 393. The van der Waals surface area contributed by atoms with Crippen LogP contribution in [0.5, 0.6) is 0 Å². The van der Waals surface area contributed by atoms with Gasteiger partial charge in [-0.05, 0) is 42.7 Å². The second kappa shape index (κ2) is 5.18. The van der Waals surface area contributed by atoms with Gasteiger partial charge in [-0.3, -0.25) is 4.90 Å². The number of hydrogen-bond donors (Lipinski definition) is 2. The predicted octanol–water partition coefficient (Wildman–Crippen LogP) is 1.72. The molecule has 1 heterocycles. The van der Waals surface area contributed by atoms with E-state index in [9.17, 15) is 0 Å². The van der Waals surface area contributed by atoms with Crippen LogP contribution in [0.2, 0.25) is 0 Å². The number of nitrogen functional groups attached to an aromatic ring is 1. The molecule has 1 saturated carbocycles. The third-order valence-electron chi connectivity index (χ3n) is 3.15. The fourth-order valence-corrected chi connectivity index (χ4v) is 2.07. The highest BCUT2D eigenvalue weighted by molar-refractivity contribution is 9.10. The summed E-state index contributed by atoms with van der Waals surface area (Å²) in [5.74, 6) is 1.05. The lowest BCUT2D eigenvalue weighted by molar-refractivity contribution is 0.257. The minimum absolute atomic E-state index is 0.291. The van der Waals surface area contributed by atoms with Crippen molar-refractivity contribution in [1.29, 1.82) is 0 Å². The summed E-state index contributed by atoms with van der Waals surface area (Å²) in [5.41, 5.74) is 5.56. The maximum atomic E-state index is 5.56. The number of nitrogens with one attached hydrogen (secondary N) is 1. The molecule has 5 nitrogen and oxygen atoms in total. The summed E-state index contributed by atoms with van der Waals surface area (Å²) in [6.45, 7) is 3.06. The van der Waals surface area contributed by atoms with Crippen molar-refractivity contribution in [2.24, 2.45) is 0 Å². The highest BCUT2D eigenvalue weighted by Gasteiger charge is 2.28. The van der Waals surface area contributed by atoms with Crippen molar-refractivity contribution >= 4 is 27.7 Å². The normalized spacial score (nSPS) is 17.2. The van der Waals surface area contributed by atoms with Gasteiger partial charge < -0.3 is 11.1 Å². The van der Waals surface area contributed by atoms with Gasteiger partial charge in [-0.15, -0.1) is 0 Å². The van der Waals surface area contributed by atoms with E-state index in [-0.39, 0.29) is 0 Å². The molecule has 1 fully saturated rings. The molecule has 0 saturated heterocycles. The molecule has 1 unspecified atom stereocenters. The molecule has 0 spiro atoms. The number of anilines is 2. The van der Waals surface area contributed by atoms with E-state index in [2.05, 4.69) is 50.1 Å². The van der Waals surface area contributed by atoms with Gasteiger partial charge in [-0.25, -0.2) is 4.98 Å². The van der Waals surface area contributed by atoms with Crippen LogP contribution >= 0.6 is 15.9 Å². The fraction of sp³-hybridized carbons (Fsp3) is 0.636. The molecule has 1 aliphatic rings. The molecule has 3 N–H and O–H groups in total. The zero-order valence-corrected chi connectivity index (χ0v) is 11.7. The molecule has 1 aliphatic carbocycles. The van der Waals surface area contributed by atoms with Crippen LogP contribution in [0, 0.1) is 0 Å². The van der Waals surface area contributed by atoms with Crippen molar-refractivity contribution in [2.45, 2.75) is 31.8 Å². The summed E-state index contributed by atoms with van der Waals surface area (Å²) in [6, 6.07) is 1.25. The standard InChI is InChI=1S/C11H18BrN5/c1-7(17(2)8-3-4-8)5-14-10-9(12)6-15-11(13)16-10/h6-8H,3-5H2,1-2H3,(H3,13,14,15,16). The van der Waals surface area contributed by atoms with Crippen LogP contribution in [0.3, 0.4) is 0 Å². The molecular formula is C11H18BrN5. The summed E-state index contributed by atoms with van der Waals surface area (Å²) in [5, 5.41) is 3.30. The molecule has 0 amide bonds. The molecule has 94 valence electrons. The first-order valence-electron chi connectivity index (χ1n) is 5.81.